The highest BCUT2D eigenvalue weighted by Crippen LogP contribution is 2.42. The van der Waals surface area contributed by atoms with Gasteiger partial charge in [-0.3, -0.25) is 18.8 Å². The molecule has 9 nitrogen and oxygen atoms in total. The van der Waals surface area contributed by atoms with Crippen molar-refractivity contribution in [3.05, 3.63) is 57.7 Å². The molecule has 3 atom stereocenters. The van der Waals surface area contributed by atoms with Crippen LogP contribution in [-0.2, 0) is 11.3 Å². The van der Waals surface area contributed by atoms with E-state index in [9.17, 15) is 9.59 Å². The molecule has 10 heteroatoms. The number of nitrogens with one attached hydrogen (secondary N) is 1. The predicted molar refractivity (Wildman–Crippen MR) is 113 cm³/mol. The summed E-state index contributed by atoms with van der Waals surface area (Å²) in [6.07, 6.45) is 2.78. The molecule has 1 fully saturated rings. The van der Waals surface area contributed by atoms with Crippen LogP contribution < -0.4 is 15.8 Å². The first-order valence-electron chi connectivity index (χ1n) is 10.1. The van der Waals surface area contributed by atoms with Gasteiger partial charge in [0.25, 0.3) is 5.56 Å². The minimum absolute atomic E-state index is 0.0344. The number of anilines is 1. The third kappa shape index (κ3) is 3.41. The standard InChI is InChI=1S/C20H23N7O2S/c1-13-5-7-26(24-13)8-6-21-19(29)18-15-9-14(16-3-2-4-17(28)27(16)18)10-25(11-15)20-23-22-12-30-20/h2-5,7,12,14-15,18H,6,8-11H2,1H3,(H,21,29)/t14-,15+,18-/m1/s1. The molecule has 3 aromatic rings. The number of aryl methyl sites for hydroxylation is 1. The number of hydrogen-bond donors (Lipinski definition) is 1. The molecule has 2 aliphatic rings. The fourth-order valence-electron chi connectivity index (χ4n) is 4.72. The van der Waals surface area contributed by atoms with Crippen molar-refractivity contribution in [2.75, 3.05) is 24.5 Å². The highest BCUT2D eigenvalue weighted by molar-refractivity contribution is 7.13. The number of hydrogen-bond acceptors (Lipinski definition) is 7. The van der Waals surface area contributed by atoms with Gasteiger partial charge in [-0.15, -0.1) is 10.2 Å². The van der Waals surface area contributed by atoms with Gasteiger partial charge in [0.05, 0.1) is 12.2 Å². The van der Waals surface area contributed by atoms with Crippen molar-refractivity contribution in [3.8, 4) is 0 Å². The van der Waals surface area contributed by atoms with Crippen LogP contribution in [0, 0.1) is 12.8 Å². The SMILES string of the molecule is Cc1ccn(CCNC(=O)[C@H]2[C@H]3C[C@H](CN(c4nncs4)C3)c3cccc(=O)n32)n1. The summed E-state index contributed by atoms with van der Waals surface area (Å²) in [5, 5.41) is 16.4. The molecule has 0 unspecified atom stereocenters. The summed E-state index contributed by atoms with van der Waals surface area (Å²) in [7, 11) is 0. The van der Waals surface area contributed by atoms with E-state index in [1.54, 1.807) is 22.2 Å². The Balaban J connectivity index is 1.40. The van der Waals surface area contributed by atoms with Gasteiger partial charge in [0.1, 0.15) is 11.6 Å². The molecule has 5 heterocycles. The molecule has 0 aliphatic carbocycles. The van der Waals surface area contributed by atoms with Crippen LogP contribution >= 0.6 is 11.3 Å². The van der Waals surface area contributed by atoms with E-state index in [0.717, 1.165) is 29.5 Å². The maximum absolute atomic E-state index is 13.3. The number of carbonyl (C=O) groups is 1. The lowest BCUT2D eigenvalue weighted by atomic mass is 9.78. The van der Waals surface area contributed by atoms with Crippen molar-refractivity contribution in [1.82, 2.24) is 29.9 Å². The molecule has 1 saturated heterocycles. The van der Waals surface area contributed by atoms with Gasteiger partial charge in [-0.05, 0) is 25.5 Å². The first-order chi connectivity index (χ1) is 14.6. The Kier molecular flexibility index (Phi) is 4.86. The Hall–Kier alpha value is -3.01. The second-order valence-electron chi connectivity index (χ2n) is 7.93. The number of piperidine rings is 1. The Morgan fingerprint density at radius 3 is 2.97 bits per heavy atom. The lowest BCUT2D eigenvalue weighted by Gasteiger charge is -2.46. The topological polar surface area (TPSA) is 97.9 Å². The summed E-state index contributed by atoms with van der Waals surface area (Å²) in [5.74, 6) is 0.112. The Bertz CT molecular complexity index is 1110. The molecule has 30 heavy (non-hydrogen) atoms. The third-order valence-electron chi connectivity index (χ3n) is 5.95. The summed E-state index contributed by atoms with van der Waals surface area (Å²) in [4.78, 5) is 28.2. The first kappa shape index (κ1) is 19.0. The van der Waals surface area contributed by atoms with Crippen LogP contribution in [0.4, 0.5) is 5.13 Å². The number of nitrogens with zero attached hydrogens (tertiary/aromatic N) is 6. The van der Waals surface area contributed by atoms with Crippen LogP contribution in [0.1, 0.15) is 29.8 Å². The molecule has 1 N–H and O–H groups in total. The molecule has 2 bridgehead atoms. The van der Waals surface area contributed by atoms with Crippen molar-refractivity contribution >= 4 is 22.4 Å². The quantitative estimate of drug-likeness (QED) is 0.659. The average molecular weight is 426 g/mol. The van der Waals surface area contributed by atoms with Crippen molar-refractivity contribution < 1.29 is 4.79 Å². The molecule has 5 rings (SSSR count). The van der Waals surface area contributed by atoms with Gasteiger partial charge in [-0.25, -0.2) is 0 Å². The minimum Gasteiger partial charge on any atom is -0.352 e. The van der Waals surface area contributed by atoms with Crippen LogP contribution in [0.3, 0.4) is 0 Å². The molecule has 2 aliphatic heterocycles. The maximum Gasteiger partial charge on any atom is 0.251 e. The molecular weight excluding hydrogens is 402 g/mol. The summed E-state index contributed by atoms with van der Waals surface area (Å²) in [6, 6.07) is 6.70. The first-order valence-corrected chi connectivity index (χ1v) is 11.0. The predicted octanol–water partition coefficient (Wildman–Crippen LogP) is 1.19. The van der Waals surface area contributed by atoms with E-state index >= 15 is 0 Å². The van der Waals surface area contributed by atoms with Gasteiger partial charge >= 0.3 is 0 Å². The monoisotopic (exact) mass is 425 g/mol. The molecule has 156 valence electrons. The lowest BCUT2D eigenvalue weighted by Crippen LogP contribution is -2.53. The number of rotatable bonds is 5. The van der Waals surface area contributed by atoms with Crippen LogP contribution in [0.2, 0.25) is 0 Å². The number of fused-ring (bicyclic) bond motifs is 4. The Morgan fingerprint density at radius 2 is 2.20 bits per heavy atom. The van der Waals surface area contributed by atoms with Crippen molar-refractivity contribution in [2.24, 2.45) is 5.92 Å². The molecular formula is C20H23N7O2S. The molecule has 0 spiro atoms. The van der Waals surface area contributed by atoms with E-state index in [1.807, 2.05) is 29.9 Å². The normalized spacial score (nSPS) is 22.6. The number of carbonyl (C=O) groups excluding carboxylic acids is 1. The zero-order chi connectivity index (χ0) is 20.7. The zero-order valence-corrected chi connectivity index (χ0v) is 17.5. The van der Waals surface area contributed by atoms with Gasteiger partial charge in [0.2, 0.25) is 11.0 Å². The highest BCUT2D eigenvalue weighted by Gasteiger charge is 2.44. The van der Waals surface area contributed by atoms with Crippen molar-refractivity contribution in [1.29, 1.82) is 0 Å². The Labute approximate surface area is 177 Å². The second-order valence-corrected chi connectivity index (χ2v) is 8.75. The van der Waals surface area contributed by atoms with E-state index in [2.05, 4.69) is 25.5 Å². The van der Waals surface area contributed by atoms with Crippen LogP contribution in [0.25, 0.3) is 0 Å². The summed E-state index contributed by atoms with van der Waals surface area (Å²) in [6.45, 7) is 4.45. The summed E-state index contributed by atoms with van der Waals surface area (Å²) in [5.41, 5.74) is 3.48. The van der Waals surface area contributed by atoms with E-state index in [0.29, 0.717) is 19.6 Å². The minimum atomic E-state index is -0.528. The number of pyridine rings is 1. The Morgan fingerprint density at radius 1 is 1.30 bits per heavy atom. The smallest absolute Gasteiger partial charge is 0.251 e. The van der Waals surface area contributed by atoms with Gasteiger partial charge in [0, 0.05) is 49.4 Å². The molecule has 3 aromatic heterocycles. The van der Waals surface area contributed by atoms with E-state index in [1.165, 1.54) is 11.3 Å². The van der Waals surface area contributed by atoms with Gasteiger partial charge in [-0.2, -0.15) is 5.10 Å². The van der Waals surface area contributed by atoms with E-state index in [-0.39, 0.29) is 23.3 Å². The number of aromatic nitrogens is 5. The van der Waals surface area contributed by atoms with Gasteiger partial charge < -0.3 is 10.2 Å². The maximum atomic E-state index is 13.3. The zero-order valence-electron chi connectivity index (χ0n) is 16.6. The number of amides is 1. The molecule has 0 saturated carbocycles. The van der Waals surface area contributed by atoms with Crippen molar-refractivity contribution in [2.45, 2.75) is 31.8 Å². The van der Waals surface area contributed by atoms with E-state index < -0.39 is 6.04 Å². The lowest BCUT2D eigenvalue weighted by molar-refractivity contribution is -0.126. The average Bonchev–Trinajstić information content (AvgIpc) is 3.41. The van der Waals surface area contributed by atoms with Gasteiger partial charge in [-0.1, -0.05) is 17.4 Å². The second kappa shape index (κ2) is 7.67. The van der Waals surface area contributed by atoms with Crippen LogP contribution in [0.15, 0.2) is 40.8 Å². The van der Waals surface area contributed by atoms with Crippen LogP contribution in [-0.4, -0.2) is 50.1 Å². The van der Waals surface area contributed by atoms with Crippen molar-refractivity contribution in [3.63, 3.8) is 0 Å². The molecule has 1 amide bonds. The molecule has 0 radical (unpaired) electrons. The third-order valence-corrected chi connectivity index (χ3v) is 6.70. The molecule has 0 aromatic carbocycles. The largest absolute Gasteiger partial charge is 0.352 e. The fourth-order valence-corrected chi connectivity index (χ4v) is 5.30. The fraction of sp³-hybridized carbons (Fsp3) is 0.450. The summed E-state index contributed by atoms with van der Waals surface area (Å²) < 4.78 is 3.52. The summed E-state index contributed by atoms with van der Waals surface area (Å²) >= 11 is 1.50. The van der Waals surface area contributed by atoms with Crippen LogP contribution in [0.5, 0.6) is 0 Å². The van der Waals surface area contributed by atoms with E-state index in [4.69, 9.17) is 0 Å². The van der Waals surface area contributed by atoms with Gasteiger partial charge in [0.15, 0.2) is 0 Å². The highest BCUT2D eigenvalue weighted by atomic mass is 32.1.